The number of nitrogens with one attached hydrogen (secondary N) is 1. The largest absolute Gasteiger partial charge is 0.486 e. The van der Waals surface area contributed by atoms with Gasteiger partial charge in [-0.15, -0.1) is 0 Å². The number of rotatable bonds is 5. The lowest BCUT2D eigenvalue weighted by molar-refractivity contribution is 0.302. The highest BCUT2D eigenvalue weighted by molar-refractivity contribution is 9.11. The first-order chi connectivity index (χ1) is 9.10. The third-order valence-electron chi connectivity index (χ3n) is 2.58. The zero-order valence-electron chi connectivity index (χ0n) is 10.8. The summed E-state index contributed by atoms with van der Waals surface area (Å²) in [5.41, 5.74) is 2.23. The van der Waals surface area contributed by atoms with Crippen molar-refractivity contribution in [3.05, 3.63) is 44.6 Å². The van der Waals surface area contributed by atoms with Gasteiger partial charge in [-0.1, -0.05) is 0 Å². The van der Waals surface area contributed by atoms with Gasteiger partial charge < -0.3 is 10.1 Å². The molecule has 0 bridgehead atoms. The van der Waals surface area contributed by atoms with Crippen LogP contribution in [0.2, 0.25) is 0 Å². The van der Waals surface area contributed by atoms with Crippen molar-refractivity contribution >= 4 is 31.9 Å². The highest BCUT2D eigenvalue weighted by Crippen LogP contribution is 2.35. The Bertz CT molecular complexity index is 546. The minimum Gasteiger partial charge on any atom is -0.486 e. The van der Waals surface area contributed by atoms with Gasteiger partial charge in [0.1, 0.15) is 12.4 Å². The summed E-state index contributed by atoms with van der Waals surface area (Å²) in [6.07, 6.45) is 3.74. The van der Waals surface area contributed by atoms with Crippen LogP contribution in [0.15, 0.2) is 33.5 Å². The normalized spacial score (nSPS) is 10.7. The third kappa shape index (κ3) is 3.81. The summed E-state index contributed by atoms with van der Waals surface area (Å²) >= 11 is 7.09. The van der Waals surface area contributed by atoms with Crippen molar-refractivity contribution in [1.29, 1.82) is 0 Å². The molecule has 1 aromatic carbocycles. The summed E-state index contributed by atoms with van der Waals surface area (Å²) in [5.74, 6) is 0.809. The molecule has 2 aromatic rings. The van der Waals surface area contributed by atoms with E-state index < -0.39 is 0 Å². The average molecular weight is 389 g/mol. The lowest BCUT2D eigenvalue weighted by Gasteiger charge is -2.11. The van der Waals surface area contributed by atoms with Crippen LogP contribution in [0.4, 0.5) is 0 Å². The van der Waals surface area contributed by atoms with Crippen LogP contribution in [0.25, 0.3) is 0 Å². The van der Waals surface area contributed by atoms with E-state index in [4.69, 9.17) is 4.74 Å². The molecule has 0 amide bonds. The van der Waals surface area contributed by atoms with Crippen LogP contribution >= 0.6 is 31.9 Å². The zero-order chi connectivity index (χ0) is 13.8. The van der Waals surface area contributed by atoms with E-state index in [0.717, 1.165) is 26.8 Å². The molecule has 102 valence electrons. The molecule has 0 aliphatic rings. The van der Waals surface area contributed by atoms with Crippen molar-refractivity contribution in [2.75, 3.05) is 7.05 Å². The SMILES string of the molecule is CNCc1cc(Br)c(OCc2cnn(C)c2)c(Br)c1. The summed E-state index contributed by atoms with van der Waals surface area (Å²) < 4.78 is 9.48. The maximum Gasteiger partial charge on any atom is 0.148 e. The van der Waals surface area contributed by atoms with Crippen LogP contribution in [0.1, 0.15) is 11.1 Å². The fourth-order valence-electron chi connectivity index (χ4n) is 1.76. The van der Waals surface area contributed by atoms with Crippen LogP contribution in [0.3, 0.4) is 0 Å². The molecule has 0 radical (unpaired) electrons. The second-order valence-electron chi connectivity index (χ2n) is 4.23. The highest BCUT2D eigenvalue weighted by Gasteiger charge is 2.09. The van der Waals surface area contributed by atoms with Crippen LogP contribution in [0.5, 0.6) is 5.75 Å². The number of ether oxygens (including phenoxy) is 1. The molecule has 4 nitrogen and oxygen atoms in total. The second-order valence-corrected chi connectivity index (χ2v) is 5.94. The van der Waals surface area contributed by atoms with Gasteiger partial charge in [0.25, 0.3) is 0 Å². The number of aromatic nitrogens is 2. The standard InChI is InChI=1S/C13H15Br2N3O/c1-16-5-9-3-11(14)13(12(15)4-9)19-8-10-6-17-18(2)7-10/h3-4,6-7,16H,5,8H2,1-2H3. The van der Waals surface area contributed by atoms with Crippen molar-refractivity contribution < 1.29 is 4.74 Å². The van der Waals surface area contributed by atoms with Gasteiger partial charge in [-0.25, -0.2) is 0 Å². The predicted octanol–water partition coefficient (Wildman–Crippen LogP) is 3.24. The van der Waals surface area contributed by atoms with E-state index in [2.05, 4.69) is 54.4 Å². The third-order valence-corrected chi connectivity index (χ3v) is 3.76. The summed E-state index contributed by atoms with van der Waals surface area (Å²) in [4.78, 5) is 0. The van der Waals surface area contributed by atoms with E-state index in [1.165, 1.54) is 5.56 Å². The van der Waals surface area contributed by atoms with Gasteiger partial charge in [-0.05, 0) is 56.6 Å². The Kier molecular flexibility index (Phi) is 5.01. The van der Waals surface area contributed by atoms with Gasteiger partial charge in [0, 0.05) is 25.4 Å². The molecule has 0 aliphatic heterocycles. The molecule has 1 aromatic heterocycles. The van der Waals surface area contributed by atoms with E-state index in [0.29, 0.717) is 6.61 Å². The number of nitrogens with zero attached hydrogens (tertiary/aromatic N) is 2. The highest BCUT2D eigenvalue weighted by atomic mass is 79.9. The molecule has 6 heteroatoms. The van der Waals surface area contributed by atoms with Crippen LogP contribution in [-0.4, -0.2) is 16.8 Å². The Balaban J connectivity index is 2.11. The fraction of sp³-hybridized carbons (Fsp3) is 0.308. The van der Waals surface area contributed by atoms with Gasteiger partial charge in [0.05, 0.1) is 15.1 Å². The van der Waals surface area contributed by atoms with E-state index in [-0.39, 0.29) is 0 Å². The van der Waals surface area contributed by atoms with Crippen molar-refractivity contribution in [3.8, 4) is 5.75 Å². The summed E-state index contributed by atoms with van der Waals surface area (Å²) in [6, 6.07) is 4.11. The van der Waals surface area contributed by atoms with Crippen molar-refractivity contribution in [3.63, 3.8) is 0 Å². The van der Waals surface area contributed by atoms with Crippen LogP contribution in [-0.2, 0) is 20.2 Å². The molecule has 2 rings (SSSR count). The zero-order valence-corrected chi connectivity index (χ0v) is 14.0. The molecule has 1 N–H and O–H groups in total. The lowest BCUT2D eigenvalue weighted by atomic mass is 10.2. The van der Waals surface area contributed by atoms with Crippen LogP contribution in [0, 0.1) is 0 Å². The number of hydrogen-bond acceptors (Lipinski definition) is 3. The Morgan fingerprint density at radius 2 is 1.95 bits per heavy atom. The molecule has 0 atom stereocenters. The number of aryl methyl sites for hydroxylation is 1. The second kappa shape index (κ2) is 6.54. The molecular weight excluding hydrogens is 374 g/mol. The van der Waals surface area contributed by atoms with Crippen molar-refractivity contribution in [2.45, 2.75) is 13.2 Å². The van der Waals surface area contributed by atoms with Gasteiger partial charge >= 0.3 is 0 Å². The Hall–Kier alpha value is -0.850. The topological polar surface area (TPSA) is 39.1 Å². The molecule has 0 saturated carbocycles. The van der Waals surface area contributed by atoms with Gasteiger partial charge in [0.2, 0.25) is 0 Å². The molecule has 0 fully saturated rings. The first-order valence-electron chi connectivity index (χ1n) is 5.83. The van der Waals surface area contributed by atoms with Gasteiger partial charge in [0.15, 0.2) is 0 Å². The van der Waals surface area contributed by atoms with Crippen molar-refractivity contribution in [2.24, 2.45) is 7.05 Å². The Morgan fingerprint density at radius 3 is 2.47 bits per heavy atom. The van der Waals surface area contributed by atoms with Crippen LogP contribution < -0.4 is 10.1 Å². The lowest BCUT2D eigenvalue weighted by Crippen LogP contribution is -2.05. The van der Waals surface area contributed by atoms with Gasteiger partial charge in [-0.3, -0.25) is 4.68 Å². The Morgan fingerprint density at radius 1 is 1.26 bits per heavy atom. The minimum atomic E-state index is 0.496. The van der Waals surface area contributed by atoms with E-state index in [9.17, 15) is 0 Å². The van der Waals surface area contributed by atoms with E-state index >= 15 is 0 Å². The number of hydrogen-bond donors (Lipinski definition) is 1. The predicted molar refractivity (Wildman–Crippen MR) is 82.1 cm³/mol. The quantitative estimate of drug-likeness (QED) is 0.854. The molecule has 0 saturated heterocycles. The van der Waals surface area contributed by atoms with Crippen molar-refractivity contribution in [1.82, 2.24) is 15.1 Å². The van der Waals surface area contributed by atoms with E-state index in [1.807, 2.05) is 20.3 Å². The molecule has 0 aliphatic carbocycles. The fourth-order valence-corrected chi connectivity index (χ4v) is 3.27. The summed E-state index contributed by atoms with van der Waals surface area (Å²) in [7, 11) is 3.82. The van der Waals surface area contributed by atoms with Gasteiger partial charge in [-0.2, -0.15) is 5.10 Å². The molecule has 1 heterocycles. The maximum absolute atomic E-state index is 5.83. The molecule has 0 spiro atoms. The summed E-state index contributed by atoms with van der Waals surface area (Å²) in [5, 5.41) is 7.24. The first-order valence-corrected chi connectivity index (χ1v) is 7.41. The smallest absolute Gasteiger partial charge is 0.148 e. The van der Waals surface area contributed by atoms with E-state index in [1.54, 1.807) is 10.9 Å². The molecule has 0 unspecified atom stereocenters. The number of halogens is 2. The molecular formula is C13H15Br2N3O. The number of benzene rings is 1. The average Bonchev–Trinajstić information content (AvgIpc) is 2.74. The minimum absolute atomic E-state index is 0.496. The Labute approximate surface area is 129 Å². The summed E-state index contributed by atoms with van der Waals surface area (Å²) in [6.45, 7) is 1.32. The monoisotopic (exact) mass is 387 g/mol. The first kappa shape index (κ1) is 14.6. The molecule has 19 heavy (non-hydrogen) atoms. The maximum atomic E-state index is 5.83.